The Hall–Kier alpha value is -3.75. The molecule has 0 saturated heterocycles. The van der Waals surface area contributed by atoms with Gasteiger partial charge in [-0.1, -0.05) is 169 Å². The number of likely N-dealkylation sites (N-methyl/N-ethyl adjacent to an activating group) is 1. The molecule has 8 heteroatoms. The number of rotatable bonds is 42. The average molecular weight is 865 g/mol. The maximum absolute atomic E-state index is 12.8. The number of unbranched alkanes of at least 4 members (excludes halogenated alkanes) is 13. The maximum atomic E-state index is 12.8. The van der Waals surface area contributed by atoms with E-state index in [4.69, 9.17) is 14.2 Å². The van der Waals surface area contributed by atoms with Gasteiger partial charge in [0.2, 0.25) is 0 Å². The molecule has 0 aromatic heterocycles. The van der Waals surface area contributed by atoms with Gasteiger partial charge in [0.05, 0.1) is 34.4 Å². The Labute approximate surface area is 379 Å². The number of carboxylic acids is 1. The van der Waals surface area contributed by atoms with Crippen LogP contribution >= 0.6 is 0 Å². The average Bonchev–Trinajstić information content (AvgIpc) is 3.23. The lowest BCUT2D eigenvalue weighted by molar-refractivity contribution is -0.887. The van der Waals surface area contributed by atoms with Crippen LogP contribution in [0.1, 0.15) is 174 Å². The van der Waals surface area contributed by atoms with Crippen LogP contribution in [0.4, 0.5) is 0 Å². The van der Waals surface area contributed by atoms with Gasteiger partial charge in [-0.2, -0.15) is 0 Å². The summed E-state index contributed by atoms with van der Waals surface area (Å²) >= 11 is 0. The molecule has 0 aliphatic rings. The topological polar surface area (TPSA) is 99.1 Å². The van der Waals surface area contributed by atoms with Crippen molar-refractivity contribution in [2.24, 2.45) is 0 Å². The van der Waals surface area contributed by atoms with Crippen LogP contribution in [0.5, 0.6) is 0 Å². The van der Waals surface area contributed by atoms with Crippen LogP contribution in [0.3, 0.4) is 0 Å². The van der Waals surface area contributed by atoms with Gasteiger partial charge < -0.3 is 23.8 Å². The normalized spacial score (nSPS) is 13.8. The number of nitrogens with zero attached hydrogens (tertiary/aromatic N) is 1. The van der Waals surface area contributed by atoms with E-state index in [1.807, 2.05) is 21.1 Å². The van der Waals surface area contributed by atoms with Crippen molar-refractivity contribution in [3.63, 3.8) is 0 Å². The van der Waals surface area contributed by atoms with E-state index in [9.17, 15) is 19.5 Å². The Morgan fingerprint density at radius 1 is 0.516 bits per heavy atom. The van der Waals surface area contributed by atoms with Crippen molar-refractivity contribution < 1.29 is 38.2 Å². The molecule has 0 aliphatic heterocycles. The molecule has 8 nitrogen and oxygen atoms in total. The second-order valence-corrected chi connectivity index (χ2v) is 17.0. The number of carbonyl (C=O) groups is 3. The molecule has 0 amide bonds. The highest BCUT2D eigenvalue weighted by Gasteiger charge is 2.31. The predicted octanol–water partition coefficient (Wildman–Crippen LogP) is 13.9. The molecule has 352 valence electrons. The first-order valence-corrected chi connectivity index (χ1v) is 24.3. The molecule has 0 saturated carbocycles. The van der Waals surface area contributed by atoms with Crippen LogP contribution in [0.15, 0.2) is 97.2 Å². The van der Waals surface area contributed by atoms with Gasteiger partial charge in [0.15, 0.2) is 12.1 Å². The SMILES string of the molecule is CC/C=C/C/C=C/C/C=C/C/C=C/C/C=C/C/C=C/CCCC(=O)OCC(COCCC(C(=O)O)[N+](C)(C)C)OC(=O)CCCCCCC/C=C/C=C/CCCCCCCCC. The van der Waals surface area contributed by atoms with Crippen LogP contribution in [0.25, 0.3) is 0 Å². The Morgan fingerprint density at radius 2 is 0.968 bits per heavy atom. The van der Waals surface area contributed by atoms with Crippen LogP contribution in [-0.2, 0) is 28.6 Å². The molecule has 0 spiro atoms. The van der Waals surface area contributed by atoms with E-state index in [1.165, 1.54) is 44.9 Å². The lowest BCUT2D eigenvalue weighted by Gasteiger charge is -2.31. The van der Waals surface area contributed by atoms with Crippen molar-refractivity contribution in [1.29, 1.82) is 0 Å². The summed E-state index contributed by atoms with van der Waals surface area (Å²) in [5.41, 5.74) is 0. The summed E-state index contributed by atoms with van der Waals surface area (Å²) in [5, 5.41) is 9.64. The van der Waals surface area contributed by atoms with Gasteiger partial charge in [-0.25, -0.2) is 4.79 Å². The van der Waals surface area contributed by atoms with Crippen molar-refractivity contribution in [2.75, 3.05) is 41.0 Å². The highest BCUT2D eigenvalue weighted by Crippen LogP contribution is 2.13. The number of ether oxygens (including phenoxy) is 3. The molecule has 0 radical (unpaired) electrons. The molecule has 62 heavy (non-hydrogen) atoms. The number of aliphatic carboxylic acids is 1. The number of esters is 2. The summed E-state index contributed by atoms with van der Waals surface area (Å²) in [6.07, 6.45) is 58.9. The van der Waals surface area contributed by atoms with Gasteiger partial charge in [0.1, 0.15) is 6.61 Å². The first-order chi connectivity index (χ1) is 30.1. The van der Waals surface area contributed by atoms with E-state index in [0.29, 0.717) is 19.3 Å². The van der Waals surface area contributed by atoms with Gasteiger partial charge in [0.25, 0.3) is 0 Å². The van der Waals surface area contributed by atoms with Crippen molar-refractivity contribution in [3.8, 4) is 0 Å². The molecule has 0 fully saturated rings. The molecular weight excluding hydrogens is 775 g/mol. The Kier molecular flexibility index (Phi) is 41.2. The summed E-state index contributed by atoms with van der Waals surface area (Å²) in [6, 6.07) is -0.632. The highest BCUT2D eigenvalue weighted by atomic mass is 16.6. The smallest absolute Gasteiger partial charge is 0.362 e. The molecule has 0 heterocycles. The third-order valence-electron chi connectivity index (χ3n) is 10.2. The second-order valence-electron chi connectivity index (χ2n) is 17.0. The Bertz CT molecular complexity index is 1330. The van der Waals surface area contributed by atoms with E-state index in [-0.39, 0.29) is 42.7 Å². The van der Waals surface area contributed by atoms with Crippen LogP contribution in [-0.4, -0.2) is 80.6 Å². The fraction of sp³-hybridized carbons (Fsp3) is 0.648. The zero-order valence-electron chi connectivity index (χ0n) is 40.0. The minimum Gasteiger partial charge on any atom is -0.477 e. The fourth-order valence-corrected chi connectivity index (χ4v) is 6.51. The molecule has 1 N–H and O–H groups in total. The number of carbonyl (C=O) groups excluding carboxylic acids is 2. The van der Waals surface area contributed by atoms with Gasteiger partial charge in [-0.05, 0) is 83.5 Å². The summed E-state index contributed by atoms with van der Waals surface area (Å²) < 4.78 is 17.2. The summed E-state index contributed by atoms with van der Waals surface area (Å²) in [7, 11) is 5.50. The second kappa shape index (κ2) is 43.9. The highest BCUT2D eigenvalue weighted by molar-refractivity contribution is 5.72. The predicted molar refractivity (Wildman–Crippen MR) is 261 cm³/mol. The molecular formula is C54H90NO7+. The molecule has 2 unspecified atom stereocenters. The van der Waals surface area contributed by atoms with E-state index in [0.717, 1.165) is 89.9 Å². The summed E-state index contributed by atoms with van der Waals surface area (Å²) in [5.74, 6) is -1.57. The largest absolute Gasteiger partial charge is 0.477 e. The molecule has 2 atom stereocenters. The van der Waals surface area contributed by atoms with Crippen LogP contribution in [0, 0.1) is 0 Å². The summed E-state index contributed by atoms with van der Waals surface area (Å²) in [4.78, 5) is 37.1. The van der Waals surface area contributed by atoms with Gasteiger partial charge in [-0.3, -0.25) is 9.59 Å². The molecule has 0 bridgehead atoms. The minimum absolute atomic E-state index is 0.0306. The number of quaternary nitrogens is 1. The lowest BCUT2D eigenvalue weighted by Crippen LogP contribution is -2.50. The van der Waals surface area contributed by atoms with Gasteiger partial charge in [-0.15, -0.1) is 0 Å². The van der Waals surface area contributed by atoms with Crippen LogP contribution in [0.2, 0.25) is 0 Å². The molecule has 0 aromatic rings. The van der Waals surface area contributed by atoms with Crippen molar-refractivity contribution >= 4 is 17.9 Å². The van der Waals surface area contributed by atoms with E-state index >= 15 is 0 Å². The monoisotopic (exact) mass is 865 g/mol. The number of hydrogen-bond donors (Lipinski definition) is 1. The van der Waals surface area contributed by atoms with Crippen molar-refractivity contribution in [3.05, 3.63) is 97.2 Å². The Balaban J connectivity index is 4.44. The van der Waals surface area contributed by atoms with Gasteiger partial charge in [0, 0.05) is 19.3 Å². The summed E-state index contributed by atoms with van der Waals surface area (Å²) in [6.45, 7) is 4.53. The first-order valence-electron chi connectivity index (χ1n) is 24.3. The van der Waals surface area contributed by atoms with Crippen molar-refractivity contribution in [1.82, 2.24) is 0 Å². The third-order valence-corrected chi connectivity index (χ3v) is 10.2. The molecule has 0 aromatic carbocycles. The Morgan fingerprint density at radius 3 is 1.47 bits per heavy atom. The maximum Gasteiger partial charge on any atom is 0.362 e. The zero-order chi connectivity index (χ0) is 45.6. The van der Waals surface area contributed by atoms with E-state index in [2.05, 4.69) is 111 Å². The number of carboxylic acid groups (broad SMARTS) is 1. The fourth-order valence-electron chi connectivity index (χ4n) is 6.51. The lowest BCUT2D eigenvalue weighted by atomic mass is 10.1. The minimum atomic E-state index is -0.889. The van der Waals surface area contributed by atoms with E-state index in [1.54, 1.807) is 0 Å². The number of allylic oxidation sites excluding steroid dienone is 16. The standard InChI is InChI=1S/C54H89NO7/c1-6-8-10-12-14-16-18-20-22-24-26-27-29-30-32-34-36-38-40-42-44-52(56)61-49-50(48-60-47-46-51(54(58)59)55(3,4)5)62-53(57)45-43-41-39-37-35-33-31-28-25-23-21-19-17-15-13-11-9-7-2/h8,10,14,16,20,22-23,25-28,30-32,36,38,50-51H,6-7,9,11-13,15,17-19,21,24,29,33-35,37,39-49H2,1-5H3/p+1/b10-8+,16-14+,22-20+,25-23+,27-26+,31-28+,32-30+,38-36+. The zero-order valence-corrected chi connectivity index (χ0v) is 40.0. The first kappa shape index (κ1) is 58.2. The van der Waals surface area contributed by atoms with Crippen LogP contribution < -0.4 is 0 Å². The van der Waals surface area contributed by atoms with Crippen molar-refractivity contribution in [2.45, 2.75) is 187 Å². The molecule has 0 rings (SSSR count). The number of hydrogen-bond acceptors (Lipinski definition) is 6. The molecule has 0 aliphatic carbocycles. The quantitative estimate of drug-likeness (QED) is 0.0214. The third kappa shape index (κ3) is 41.6. The van der Waals surface area contributed by atoms with E-state index < -0.39 is 18.1 Å². The van der Waals surface area contributed by atoms with Gasteiger partial charge >= 0.3 is 17.9 Å².